The third-order valence-electron chi connectivity index (χ3n) is 2.02. The number of hydrogen-bond acceptors (Lipinski definition) is 0. The van der Waals surface area contributed by atoms with Gasteiger partial charge >= 0.3 is 117 Å². The number of rotatable bonds is 1. The molecule has 0 fully saturated rings. The van der Waals surface area contributed by atoms with Crippen LogP contribution in [-0.4, -0.2) is 15.0 Å². The van der Waals surface area contributed by atoms with Crippen LogP contribution in [0.4, 0.5) is 0 Å². The first-order valence-corrected chi connectivity index (χ1v) is 7.40. The summed E-state index contributed by atoms with van der Waals surface area (Å²) in [5.41, 5.74) is 0.991. The first-order chi connectivity index (χ1) is 8.24. The summed E-state index contributed by atoms with van der Waals surface area (Å²) in [5, 5.41) is 1.49. The third kappa shape index (κ3) is 4.11. The fourth-order valence-corrected chi connectivity index (χ4v) is 2.60. The second-order valence-corrected chi connectivity index (χ2v) is 6.01. The summed E-state index contributed by atoms with van der Waals surface area (Å²) in [7, 11) is 0. The van der Waals surface area contributed by atoms with E-state index in [0.29, 0.717) is 0 Å². The maximum atomic E-state index is 5.81. The summed E-state index contributed by atoms with van der Waals surface area (Å²) < 4.78 is 1.23. The number of hydrogen-bond donors (Lipinski definition) is 0. The molecule has 0 aliphatic carbocycles. The molecule has 0 saturated carbocycles. The normalized spacial score (nSPS) is 9.53. The molecule has 0 N–H and O–H groups in total. The molecule has 3 heteroatoms. The zero-order chi connectivity index (χ0) is 12.1. The molecule has 0 amide bonds. The van der Waals surface area contributed by atoms with E-state index in [1.54, 1.807) is 0 Å². The predicted octanol–water partition coefficient (Wildman–Crippen LogP) is 3.33. The molecule has 2 rings (SSSR count). The van der Waals surface area contributed by atoms with Crippen molar-refractivity contribution in [1.82, 2.24) is 0 Å². The van der Waals surface area contributed by atoms with E-state index >= 15 is 0 Å². The van der Waals surface area contributed by atoms with Crippen molar-refractivity contribution in [3.8, 4) is 10.7 Å². The van der Waals surface area contributed by atoms with E-state index < -0.39 is 0 Å². The van der Waals surface area contributed by atoms with E-state index in [-0.39, 0.29) is 15.0 Å². The van der Waals surface area contributed by atoms with Crippen LogP contribution in [-0.2, 0) is 0 Å². The molecule has 0 aliphatic heterocycles. The molecule has 0 saturated heterocycles. The minimum absolute atomic E-state index is 0.157. The summed E-state index contributed by atoms with van der Waals surface area (Å²) in [6, 6.07) is 15.4. The second-order valence-electron chi connectivity index (χ2n) is 3.29. The zero-order valence-electron chi connectivity index (χ0n) is 8.78. The van der Waals surface area contributed by atoms with Crippen molar-refractivity contribution >= 4 is 42.6 Å². The summed E-state index contributed by atoms with van der Waals surface area (Å²) in [5.74, 6) is 3.12. The van der Waals surface area contributed by atoms with Crippen LogP contribution < -0.4 is 4.46 Å². The summed E-state index contributed by atoms with van der Waals surface area (Å²) >= 11 is 11.8. The molecular weight excluding hydrogens is 318 g/mol. The first kappa shape index (κ1) is 12.6. The topological polar surface area (TPSA) is 0 Å². The van der Waals surface area contributed by atoms with Crippen molar-refractivity contribution in [2.24, 2.45) is 0 Å². The number of halogens is 2. The Morgan fingerprint density at radius 3 is 1.88 bits per heavy atom. The van der Waals surface area contributed by atoms with Crippen molar-refractivity contribution < 1.29 is 0 Å². The average Bonchev–Trinajstić information content (AvgIpc) is 2.34. The van der Waals surface area contributed by atoms with Gasteiger partial charge < -0.3 is 0 Å². The van der Waals surface area contributed by atoms with Crippen LogP contribution in [0.2, 0.25) is 10.0 Å². The SMILES string of the molecule is Clc1ccc(C#C[Se]c2ccc(Cl)cc2)cc1. The fraction of sp³-hybridized carbons (Fsp3) is 0. The summed E-state index contributed by atoms with van der Waals surface area (Å²) in [4.78, 5) is 3.18. The monoisotopic (exact) mass is 326 g/mol. The van der Waals surface area contributed by atoms with Crippen LogP contribution in [0.5, 0.6) is 0 Å². The van der Waals surface area contributed by atoms with Gasteiger partial charge in [0.1, 0.15) is 0 Å². The van der Waals surface area contributed by atoms with E-state index in [2.05, 4.69) is 10.7 Å². The van der Waals surface area contributed by atoms with E-state index in [9.17, 15) is 0 Å². The van der Waals surface area contributed by atoms with Gasteiger partial charge in [0.25, 0.3) is 0 Å². The van der Waals surface area contributed by atoms with Gasteiger partial charge in [0.05, 0.1) is 0 Å². The van der Waals surface area contributed by atoms with Crippen LogP contribution in [0.15, 0.2) is 48.5 Å². The van der Waals surface area contributed by atoms with Crippen molar-refractivity contribution in [1.29, 1.82) is 0 Å². The Morgan fingerprint density at radius 2 is 1.29 bits per heavy atom. The molecule has 0 atom stereocenters. The molecule has 0 heterocycles. The summed E-state index contributed by atoms with van der Waals surface area (Å²) in [6.45, 7) is 0. The van der Waals surface area contributed by atoms with Crippen LogP contribution in [0.3, 0.4) is 0 Å². The Hall–Kier alpha value is -0.901. The van der Waals surface area contributed by atoms with Crippen molar-refractivity contribution in [2.75, 3.05) is 0 Å². The Labute approximate surface area is 117 Å². The predicted molar refractivity (Wildman–Crippen MR) is 75.2 cm³/mol. The molecular formula is C14H8Cl2Se. The Balaban J connectivity index is 2.03. The van der Waals surface area contributed by atoms with Crippen molar-refractivity contribution in [3.05, 3.63) is 64.1 Å². The summed E-state index contributed by atoms with van der Waals surface area (Å²) in [6.07, 6.45) is 0. The average molecular weight is 326 g/mol. The van der Waals surface area contributed by atoms with Gasteiger partial charge in [0, 0.05) is 0 Å². The second kappa shape index (κ2) is 6.15. The van der Waals surface area contributed by atoms with Gasteiger partial charge in [-0.15, -0.1) is 0 Å². The maximum absolute atomic E-state index is 5.81. The molecule has 2 aromatic rings. The molecule has 0 aromatic heterocycles. The Bertz CT molecular complexity index is 548. The van der Waals surface area contributed by atoms with Crippen molar-refractivity contribution in [3.63, 3.8) is 0 Å². The zero-order valence-corrected chi connectivity index (χ0v) is 12.0. The Kier molecular flexibility index (Phi) is 4.54. The van der Waals surface area contributed by atoms with Gasteiger partial charge in [-0.2, -0.15) is 0 Å². The Morgan fingerprint density at radius 1 is 0.765 bits per heavy atom. The fourth-order valence-electron chi connectivity index (χ4n) is 1.18. The molecule has 0 radical (unpaired) electrons. The molecule has 0 unspecified atom stereocenters. The van der Waals surface area contributed by atoms with Gasteiger partial charge in [0.2, 0.25) is 0 Å². The first-order valence-electron chi connectivity index (χ1n) is 4.93. The molecule has 2 aromatic carbocycles. The molecule has 84 valence electrons. The molecule has 17 heavy (non-hydrogen) atoms. The van der Waals surface area contributed by atoms with Crippen molar-refractivity contribution in [2.45, 2.75) is 0 Å². The van der Waals surface area contributed by atoms with Gasteiger partial charge in [0.15, 0.2) is 0 Å². The van der Waals surface area contributed by atoms with E-state index in [0.717, 1.165) is 15.6 Å². The van der Waals surface area contributed by atoms with Gasteiger partial charge in [-0.3, -0.25) is 0 Å². The number of benzene rings is 2. The quantitative estimate of drug-likeness (QED) is 0.557. The van der Waals surface area contributed by atoms with E-state index in [4.69, 9.17) is 23.2 Å². The van der Waals surface area contributed by atoms with Gasteiger partial charge in [-0.25, -0.2) is 0 Å². The molecule has 0 aliphatic rings. The molecule has 0 spiro atoms. The van der Waals surface area contributed by atoms with Crippen LogP contribution in [0.25, 0.3) is 0 Å². The molecule has 0 nitrogen and oxygen atoms in total. The van der Waals surface area contributed by atoms with Crippen LogP contribution >= 0.6 is 23.2 Å². The third-order valence-corrected chi connectivity index (χ3v) is 4.02. The van der Waals surface area contributed by atoms with E-state index in [1.165, 1.54) is 4.46 Å². The van der Waals surface area contributed by atoms with Crippen LogP contribution in [0, 0.1) is 10.7 Å². The van der Waals surface area contributed by atoms with E-state index in [1.807, 2.05) is 48.5 Å². The van der Waals surface area contributed by atoms with Crippen LogP contribution in [0.1, 0.15) is 5.56 Å². The standard InChI is InChI=1S/C14H8Cl2Se/c15-12-3-1-11(2-4-12)9-10-17-14-7-5-13(16)6-8-14/h1-8H. The minimum atomic E-state index is 0.157. The van der Waals surface area contributed by atoms with Gasteiger partial charge in [-0.05, 0) is 0 Å². The molecule has 0 bridgehead atoms. The van der Waals surface area contributed by atoms with Gasteiger partial charge in [-0.1, -0.05) is 0 Å².